The second kappa shape index (κ2) is 4.95. The molecule has 0 bridgehead atoms. The van der Waals surface area contributed by atoms with Crippen molar-refractivity contribution in [2.45, 2.75) is 31.2 Å². The molecule has 0 aliphatic heterocycles. The molecule has 0 saturated heterocycles. The van der Waals surface area contributed by atoms with Gasteiger partial charge >= 0.3 is 0 Å². The zero-order valence-electron chi connectivity index (χ0n) is 10.5. The largest absolute Gasteiger partial charge is 0.326 e. The summed E-state index contributed by atoms with van der Waals surface area (Å²) in [5.41, 5.74) is 9.81. The van der Waals surface area contributed by atoms with Crippen molar-refractivity contribution in [2.24, 2.45) is 5.73 Å². The summed E-state index contributed by atoms with van der Waals surface area (Å²) in [7, 11) is 0. The molecular formula is C17H19N. The minimum absolute atomic E-state index is 0.632. The molecule has 92 valence electrons. The van der Waals surface area contributed by atoms with Crippen molar-refractivity contribution < 1.29 is 0 Å². The van der Waals surface area contributed by atoms with Gasteiger partial charge in [0.25, 0.3) is 0 Å². The van der Waals surface area contributed by atoms with Gasteiger partial charge in [0.1, 0.15) is 0 Å². The van der Waals surface area contributed by atoms with Crippen LogP contribution in [0, 0.1) is 0 Å². The lowest BCUT2D eigenvalue weighted by Gasteiger charge is -2.37. The van der Waals surface area contributed by atoms with E-state index in [0.717, 1.165) is 0 Å². The topological polar surface area (TPSA) is 26.0 Å². The molecule has 3 rings (SSSR count). The molecule has 1 saturated carbocycles. The maximum Gasteiger partial charge on any atom is 0.0178 e. The molecule has 1 heteroatoms. The van der Waals surface area contributed by atoms with Crippen LogP contribution in [0.25, 0.3) is 0 Å². The second-order valence-corrected chi connectivity index (χ2v) is 5.15. The van der Waals surface area contributed by atoms with Crippen molar-refractivity contribution in [3.63, 3.8) is 0 Å². The summed E-state index contributed by atoms with van der Waals surface area (Å²) in [4.78, 5) is 0. The third-order valence-electron chi connectivity index (χ3n) is 4.15. The van der Waals surface area contributed by atoms with Gasteiger partial charge in [-0.15, -0.1) is 0 Å². The fraction of sp³-hybridized carbons (Fsp3) is 0.294. The smallest absolute Gasteiger partial charge is 0.0178 e. The van der Waals surface area contributed by atoms with Crippen molar-refractivity contribution in [2.75, 3.05) is 0 Å². The van der Waals surface area contributed by atoms with Crippen LogP contribution in [0.5, 0.6) is 0 Å². The first-order valence-corrected chi connectivity index (χ1v) is 6.72. The van der Waals surface area contributed by atoms with Gasteiger partial charge in [-0.25, -0.2) is 0 Å². The first-order chi connectivity index (χ1) is 8.88. The van der Waals surface area contributed by atoms with E-state index < -0.39 is 0 Å². The summed E-state index contributed by atoms with van der Waals surface area (Å²) < 4.78 is 0. The molecule has 0 amide bonds. The fourth-order valence-corrected chi connectivity index (χ4v) is 2.90. The van der Waals surface area contributed by atoms with Crippen LogP contribution in [-0.4, -0.2) is 0 Å². The van der Waals surface area contributed by atoms with E-state index in [9.17, 15) is 0 Å². The van der Waals surface area contributed by atoms with Gasteiger partial charge in [0.05, 0.1) is 0 Å². The van der Waals surface area contributed by atoms with E-state index in [1.54, 1.807) is 0 Å². The summed E-state index contributed by atoms with van der Waals surface area (Å²) in [6.07, 6.45) is 2.62. The highest BCUT2D eigenvalue weighted by atomic mass is 14.5. The quantitative estimate of drug-likeness (QED) is 0.863. The first kappa shape index (κ1) is 11.5. The van der Waals surface area contributed by atoms with Gasteiger partial charge in [-0.1, -0.05) is 54.6 Å². The summed E-state index contributed by atoms with van der Waals surface area (Å²) in [5, 5.41) is 0. The van der Waals surface area contributed by atoms with Crippen LogP contribution in [-0.2, 0) is 6.54 Å². The maximum absolute atomic E-state index is 5.64. The molecule has 0 heterocycles. The van der Waals surface area contributed by atoms with Crippen LogP contribution < -0.4 is 5.73 Å². The molecule has 2 aromatic rings. The van der Waals surface area contributed by atoms with Gasteiger partial charge in [-0.05, 0) is 41.4 Å². The van der Waals surface area contributed by atoms with Crippen molar-refractivity contribution in [3.05, 3.63) is 71.3 Å². The van der Waals surface area contributed by atoms with Crippen LogP contribution in [0.1, 0.15) is 41.4 Å². The van der Waals surface area contributed by atoms with Crippen molar-refractivity contribution in [1.82, 2.24) is 0 Å². The van der Waals surface area contributed by atoms with Crippen molar-refractivity contribution in [1.29, 1.82) is 0 Å². The number of benzene rings is 2. The van der Waals surface area contributed by atoms with Crippen LogP contribution in [0.4, 0.5) is 0 Å². The van der Waals surface area contributed by atoms with Crippen LogP contribution >= 0.6 is 0 Å². The molecule has 0 spiro atoms. The third kappa shape index (κ3) is 2.06. The fourth-order valence-electron chi connectivity index (χ4n) is 2.90. The van der Waals surface area contributed by atoms with E-state index in [-0.39, 0.29) is 0 Å². The summed E-state index contributed by atoms with van der Waals surface area (Å²) in [6, 6.07) is 19.7. The van der Waals surface area contributed by atoms with Gasteiger partial charge in [0.2, 0.25) is 0 Å². The standard InChI is InChI=1S/C17H19N/c18-12-13-6-8-15(9-7-13)17-11-10-16(17)14-4-2-1-3-5-14/h1-9,16-17H,10-12,18H2. The van der Waals surface area contributed by atoms with Crippen LogP contribution in [0.15, 0.2) is 54.6 Å². The van der Waals surface area contributed by atoms with Crippen molar-refractivity contribution >= 4 is 0 Å². The zero-order chi connectivity index (χ0) is 12.4. The lowest BCUT2D eigenvalue weighted by atomic mass is 9.67. The molecular weight excluding hydrogens is 218 g/mol. The Bertz CT molecular complexity index is 501. The average molecular weight is 237 g/mol. The molecule has 2 N–H and O–H groups in total. The predicted octanol–water partition coefficient (Wildman–Crippen LogP) is 3.81. The summed E-state index contributed by atoms with van der Waals surface area (Å²) in [5.74, 6) is 1.40. The van der Waals surface area contributed by atoms with E-state index in [4.69, 9.17) is 5.73 Å². The van der Waals surface area contributed by atoms with E-state index in [0.29, 0.717) is 18.4 Å². The SMILES string of the molecule is NCc1ccc(C2CCC2c2ccccc2)cc1. The molecule has 1 aliphatic carbocycles. The Labute approximate surface area is 109 Å². The van der Waals surface area contributed by atoms with Crippen LogP contribution in [0.2, 0.25) is 0 Å². The van der Waals surface area contributed by atoms with Gasteiger partial charge in [0, 0.05) is 6.54 Å². The molecule has 1 nitrogen and oxygen atoms in total. The minimum Gasteiger partial charge on any atom is -0.326 e. The lowest BCUT2D eigenvalue weighted by Crippen LogP contribution is -2.21. The highest BCUT2D eigenvalue weighted by Gasteiger charge is 2.32. The molecule has 2 aromatic carbocycles. The summed E-state index contributed by atoms with van der Waals surface area (Å²) >= 11 is 0. The number of rotatable bonds is 3. The Morgan fingerprint density at radius 3 is 1.83 bits per heavy atom. The predicted molar refractivity (Wildman–Crippen MR) is 75.5 cm³/mol. The van der Waals surface area contributed by atoms with E-state index in [2.05, 4.69) is 54.6 Å². The lowest BCUT2D eigenvalue weighted by molar-refractivity contribution is 0.346. The molecule has 2 unspecified atom stereocenters. The Hall–Kier alpha value is -1.60. The third-order valence-corrected chi connectivity index (χ3v) is 4.15. The number of nitrogens with two attached hydrogens (primary N) is 1. The highest BCUT2D eigenvalue weighted by molar-refractivity contribution is 5.33. The normalized spacial score (nSPS) is 22.5. The van der Waals surface area contributed by atoms with Gasteiger partial charge in [0.15, 0.2) is 0 Å². The van der Waals surface area contributed by atoms with Gasteiger partial charge in [-0.3, -0.25) is 0 Å². The molecule has 0 aromatic heterocycles. The van der Waals surface area contributed by atoms with Gasteiger partial charge in [-0.2, -0.15) is 0 Å². The Balaban J connectivity index is 1.80. The molecule has 1 aliphatic rings. The minimum atomic E-state index is 0.632. The number of hydrogen-bond acceptors (Lipinski definition) is 1. The first-order valence-electron chi connectivity index (χ1n) is 6.72. The molecule has 2 atom stereocenters. The Morgan fingerprint density at radius 1 is 0.778 bits per heavy atom. The molecule has 18 heavy (non-hydrogen) atoms. The second-order valence-electron chi connectivity index (χ2n) is 5.15. The van der Waals surface area contributed by atoms with E-state index in [1.165, 1.54) is 29.5 Å². The monoisotopic (exact) mass is 237 g/mol. The molecule has 1 fully saturated rings. The average Bonchev–Trinajstić information content (AvgIpc) is 2.40. The van der Waals surface area contributed by atoms with Crippen molar-refractivity contribution in [3.8, 4) is 0 Å². The highest BCUT2D eigenvalue weighted by Crippen LogP contribution is 2.48. The van der Waals surface area contributed by atoms with Gasteiger partial charge < -0.3 is 5.73 Å². The number of hydrogen-bond donors (Lipinski definition) is 1. The van der Waals surface area contributed by atoms with E-state index in [1.807, 2.05) is 0 Å². The molecule has 0 radical (unpaired) electrons. The summed E-state index contributed by atoms with van der Waals surface area (Å²) in [6.45, 7) is 0.632. The zero-order valence-corrected chi connectivity index (χ0v) is 10.5. The Kier molecular flexibility index (Phi) is 3.16. The van der Waals surface area contributed by atoms with Crippen LogP contribution in [0.3, 0.4) is 0 Å². The van der Waals surface area contributed by atoms with E-state index >= 15 is 0 Å². The maximum atomic E-state index is 5.64. The Morgan fingerprint density at radius 2 is 1.33 bits per heavy atom.